The molecule has 0 bridgehead atoms. The fraction of sp³-hybridized carbons (Fsp3) is 0.533. The Morgan fingerprint density at radius 1 is 1.33 bits per heavy atom. The van der Waals surface area contributed by atoms with Crippen LogP contribution in [0.1, 0.15) is 27.7 Å². The normalized spacial score (nSPS) is 14.8. The van der Waals surface area contributed by atoms with Gasteiger partial charge < -0.3 is 15.8 Å². The van der Waals surface area contributed by atoms with Crippen LogP contribution < -0.4 is 15.8 Å². The van der Waals surface area contributed by atoms with Crippen LogP contribution in [0.3, 0.4) is 0 Å². The molecule has 0 aliphatic rings. The summed E-state index contributed by atoms with van der Waals surface area (Å²) in [7, 11) is 0. The van der Waals surface area contributed by atoms with Crippen LogP contribution >= 0.6 is 28.3 Å². The molecule has 3 N–H and O–H groups in total. The summed E-state index contributed by atoms with van der Waals surface area (Å²) in [5, 5.41) is 2.98. The Hall–Kier alpha value is -0.780. The van der Waals surface area contributed by atoms with Crippen molar-refractivity contribution in [3.05, 3.63) is 28.7 Å². The first-order valence-corrected chi connectivity index (χ1v) is 7.52. The average Bonchev–Trinajstić information content (AvgIpc) is 2.40. The molecule has 6 heteroatoms. The molecule has 2 unspecified atom stereocenters. The van der Waals surface area contributed by atoms with Gasteiger partial charge in [-0.1, -0.05) is 29.8 Å². The molecule has 0 aliphatic heterocycles. The van der Waals surface area contributed by atoms with Crippen LogP contribution in [0.25, 0.3) is 0 Å². The number of nitrogens with two attached hydrogens (primary N) is 1. The summed E-state index contributed by atoms with van der Waals surface area (Å²) in [6, 6.07) is 7.38. The number of nitrogens with one attached hydrogen (secondary N) is 1. The first kappa shape index (κ1) is 20.2. The van der Waals surface area contributed by atoms with Crippen LogP contribution in [0.2, 0.25) is 0 Å². The van der Waals surface area contributed by atoms with Gasteiger partial charge in [0.05, 0.1) is 5.54 Å². The highest BCUT2D eigenvalue weighted by atomic mass is 79.9. The van der Waals surface area contributed by atoms with Gasteiger partial charge in [-0.3, -0.25) is 4.79 Å². The van der Waals surface area contributed by atoms with E-state index in [-0.39, 0.29) is 24.2 Å². The highest BCUT2D eigenvalue weighted by Crippen LogP contribution is 2.18. The molecule has 4 nitrogen and oxygen atoms in total. The minimum Gasteiger partial charge on any atom is -0.481 e. The molecule has 0 fully saturated rings. The molecule has 2 atom stereocenters. The Kier molecular flexibility index (Phi) is 8.29. The predicted molar refractivity (Wildman–Crippen MR) is 91.9 cm³/mol. The summed E-state index contributed by atoms with van der Waals surface area (Å²) >= 11 is 3.36. The molecule has 0 spiro atoms. The minimum atomic E-state index is -0.569. The lowest BCUT2D eigenvalue weighted by atomic mass is 9.88. The van der Waals surface area contributed by atoms with E-state index in [1.54, 1.807) is 6.92 Å². The third-order valence-corrected chi connectivity index (χ3v) is 4.13. The molecule has 0 saturated carbocycles. The van der Waals surface area contributed by atoms with Crippen LogP contribution in [-0.4, -0.2) is 24.1 Å². The number of carbonyl (C=O) groups excluding carboxylic acids is 1. The van der Waals surface area contributed by atoms with Gasteiger partial charge in [0.25, 0.3) is 5.91 Å². The third-order valence-electron chi connectivity index (χ3n) is 3.60. The second-order valence-electron chi connectivity index (χ2n) is 5.48. The van der Waals surface area contributed by atoms with Crippen molar-refractivity contribution in [3.8, 4) is 5.75 Å². The summed E-state index contributed by atoms with van der Waals surface area (Å²) in [5.74, 6) is 0.751. The van der Waals surface area contributed by atoms with E-state index in [1.165, 1.54) is 0 Å². The SMILES string of the molecule is CC(Oc1ccc(Br)cc1)C(=O)NC(C)(CN)C(C)C.Cl. The lowest BCUT2D eigenvalue weighted by Gasteiger charge is -2.34. The first-order valence-electron chi connectivity index (χ1n) is 6.73. The first-order chi connectivity index (χ1) is 9.28. The molecule has 1 aromatic carbocycles. The molecule has 1 amide bonds. The van der Waals surface area contributed by atoms with Crippen molar-refractivity contribution in [2.24, 2.45) is 11.7 Å². The van der Waals surface area contributed by atoms with Gasteiger partial charge in [-0.25, -0.2) is 0 Å². The van der Waals surface area contributed by atoms with Gasteiger partial charge in [0.1, 0.15) is 5.75 Å². The van der Waals surface area contributed by atoms with Gasteiger partial charge >= 0.3 is 0 Å². The summed E-state index contributed by atoms with van der Waals surface area (Å²) in [6.07, 6.45) is -0.569. The summed E-state index contributed by atoms with van der Waals surface area (Å²) in [5.41, 5.74) is 5.34. The van der Waals surface area contributed by atoms with Crippen LogP contribution in [0.5, 0.6) is 5.75 Å². The van der Waals surface area contributed by atoms with Crippen molar-refractivity contribution >= 4 is 34.2 Å². The highest BCUT2D eigenvalue weighted by molar-refractivity contribution is 9.10. The Labute approximate surface area is 141 Å². The quantitative estimate of drug-likeness (QED) is 0.798. The second kappa shape index (κ2) is 8.61. The van der Waals surface area contributed by atoms with Crippen molar-refractivity contribution in [1.29, 1.82) is 0 Å². The van der Waals surface area contributed by atoms with Gasteiger partial charge in [0.2, 0.25) is 0 Å². The molecule has 0 radical (unpaired) electrons. The fourth-order valence-corrected chi connectivity index (χ4v) is 1.85. The van der Waals surface area contributed by atoms with Gasteiger partial charge in [-0.15, -0.1) is 12.4 Å². The van der Waals surface area contributed by atoms with Crippen LogP contribution in [0.4, 0.5) is 0 Å². The molecular weight excluding hydrogens is 356 g/mol. The smallest absolute Gasteiger partial charge is 0.261 e. The summed E-state index contributed by atoms with van der Waals surface area (Å²) in [4.78, 5) is 12.2. The van der Waals surface area contributed by atoms with E-state index in [1.807, 2.05) is 45.0 Å². The molecule has 0 saturated heterocycles. The largest absolute Gasteiger partial charge is 0.481 e. The second-order valence-corrected chi connectivity index (χ2v) is 6.40. The fourth-order valence-electron chi connectivity index (χ4n) is 1.58. The number of hydrogen-bond acceptors (Lipinski definition) is 3. The zero-order valence-electron chi connectivity index (χ0n) is 12.9. The number of ether oxygens (including phenoxy) is 1. The number of benzene rings is 1. The monoisotopic (exact) mass is 378 g/mol. The van der Waals surface area contributed by atoms with E-state index >= 15 is 0 Å². The lowest BCUT2D eigenvalue weighted by Crippen LogP contribution is -2.57. The van der Waals surface area contributed by atoms with Crippen LogP contribution in [-0.2, 0) is 4.79 Å². The summed E-state index contributed by atoms with van der Waals surface area (Å²) in [6.45, 7) is 8.14. The maximum atomic E-state index is 12.2. The Bertz CT molecular complexity index is 453. The molecule has 21 heavy (non-hydrogen) atoms. The molecular formula is C15H24BrClN2O2. The standard InChI is InChI=1S/C15H23BrN2O2.ClH/c1-10(2)15(4,9-17)18-14(19)11(3)20-13-7-5-12(16)6-8-13;/h5-8,10-11H,9,17H2,1-4H3,(H,18,19);1H. The molecule has 0 aromatic heterocycles. The zero-order valence-corrected chi connectivity index (χ0v) is 15.3. The van der Waals surface area contributed by atoms with Gasteiger partial charge in [0, 0.05) is 11.0 Å². The predicted octanol–water partition coefficient (Wildman–Crippen LogP) is 3.13. The van der Waals surface area contributed by atoms with E-state index in [0.717, 1.165) is 4.47 Å². The maximum absolute atomic E-state index is 12.2. The number of hydrogen-bond donors (Lipinski definition) is 2. The lowest BCUT2D eigenvalue weighted by molar-refractivity contribution is -0.129. The molecule has 1 rings (SSSR count). The van der Waals surface area contributed by atoms with Crippen molar-refractivity contribution in [1.82, 2.24) is 5.32 Å². The Morgan fingerprint density at radius 2 is 1.86 bits per heavy atom. The van der Waals surface area contributed by atoms with Gasteiger partial charge in [-0.2, -0.15) is 0 Å². The van der Waals surface area contributed by atoms with Gasteiger partial charge in [0.15, 0.2) is 6.10 Å². The number of amides is 1. The molecule has 0 aliphatic carbocycles. The third kappa shape index (κ3) is 5.85. The maximum Gasteiger partial charge on any atom is 0.261 e. The van der Waals surface area contributed by atoms with E-state index in [4.69, 9.17) is 10.5 Å². The van der Waals surface area contributed by atoms with Crippen LogP contribution in [0, 0.1) is 5.92 Å². The highest BCUT2D eigenvalue weighted by Gasteiger charge is 2.30. The van der Waals surface area contributed by atoms with Crippen molar-refractivity contribution in [2.75, 3.05) is 6.54 Å². The zero-order chi connectivity index (χ0) is 15.3. The number of halogens is 2. The number of carbonyl (C=O) groups is 1. The van der Waals surface area contributed by atoms with E-state index < -0.39 is 11.6 Å². The van der Waals surface area contributed by atoms with Crippen molar-refractivity contribution in [2.45, 2.75) is 39.3 Å². The molecule has 0 heterocycles. The number of rotatable bonds is 6. The van der Waals surface area contributed by atoms with E-state index in [0.29, 0.717) is 12.3 Å². The van der Waals surface area contributed by atoms with Crippen LogP contribution in [0.15, 0.2) is 28.7 Å². The van der Waals surface area contributed by atoms with Crippen molar-refractivity contribution in [3.63, 3.8) is 0 Å². The summed E-state index contributed by atoms with van der Waals surface area (Å²) < 4.78 is 6.60. The van der Waals surface area contributed by atoms with Crippen molar-refractivity contribution < 1.29 is 9.53 Å². The average molecular weight is 380 g/mol. The van der Waals surface area contributed by atoms with E-state index in [2.05, 4.69) is 21.2 Å². The molecule has 120 valence electrons. The Balaban J connectivity index is 0.00000400. The minimum absolute atomic E-state index is 0. The van der Waals surface area contributed by atoms with E-state index in [9.17, 15) is 4.79 Å². The topological polar surface area (TPSA) is 64.3 Å². The molecule has 1 aromatic rings. The van der Waals surface area contributed by atoms with Gasteiger partial charge in [-0.05, 0) is 44.0 Å². The Morgan fingerprint density at radius 3 is 2.29 bits per heavy atom.